The van der Waals surface area contributed by atoms with E-state index in [0.717, 1.165) is 19.3 Å². The van der Waals surface area contributed by atoms with Crippen molar-refractivity contribution in [2.45, 2.75) is 45.3 Å². The number of carbonyl (C=O) groups is 2. The molecule has 1 aromatic heterocycles. The zero-order valence-corrected chi connectivity index (χ0v) is 12.0. The topological polar surface area (TPSA) is 106 Å². The van der Waals surface area contributed by atoms with E-state index in [4.69, 9.17) is 4.74 Å². The van der Waals surface area contributed by atoms with Gasteiger partial charge in [-0.2, -0.15) is 0 Å². The standard InChI is InChI=1S/C13H20N4O4/c1-2-3-6-14-10(18)8-17-12(9-5-4-7-21-9)11(13(19)20)15-16-17/h9H,2-8H2,1H3,(H,14,18)(H,19,20). The molecule has 0 spiro atoms. The van der Waals surface area contributed by atoms with Gasteiger partial charge in [0, 0.05) is 13.2 Å². The SMILES string of the molecule is CCCCNC(=O)Cn1nnc(C(=O)O)c1C1CCCO1. The third-order valence-electron chi connectivity index (χ3n) is 3.36. The summed E-state index contributed by atoms with van der Waals surface area (Å²) in [6.45, 7) is 3.18. The highest BCUT2D eigenvalue weighted by Crippen LogP contribution is 2.30. The van der Waals surface area contributed by atoms with Crippen LogP contribution in [0.4, 0.5) is 0 Å². The molecule has 21 heavy (non-hydrogen) atoms. The molecule has 1 unspecified atom stereocenters. The Kier molecular flexibility index (Phi) is 5.26. The summed E-state index contributed by atoms with van der Waals surface area (Å²) in [4.78, 5) is 23.1. The van der Waals surface area contributed by atoms with Crippen LogP contribution in [0, 0.1) is 0 Å². The van der Waals surface area contributed by atoms with Crippen LogP contribution in [-0.4, -0.2) is 45.1 Å². The molecule has 116 valence electrons. The van der Waals surface area contributed by atoms with Crippen LogP contribution in [0.15, 0.2) is 0 Å². The minimum absolute atomic E-state index is 0.0425. The second kappa shape index (κ2) is 7.16. The first-order chi connectivity index (χ1) is 10.1. The number of hydrogen-bond acceptors (Lipinski definition) is 5. The Morgan fingerprint density at radius 1 is 1.52 bits per heavy atom. The van der Waals surface area contributed by atoms with E-state index in [9.17, 15) is 14.7 Å². The predicted molar refractivity (Wildman–Crippen MR) is 72.8 cm³/mol. The molecule has 1 amide bonds. The lowest BCUT2D eigenvalue weighted by Gasteiger charge is -2.12. The lowest BCUT2D eigenvalue weighted by Crippen LogP contribution is -2.30. The van der Waals surface area contributed by atoms with Crippen molar-refractivity contribution in [1.82, 2.24) is 20.3 Å². The lowest BCUT2D eigenvalue weighted by atomic mass is 10.1. The largest absolute Gasteiger partial charge is 0.476 e. The molecule has 1 atom stereocenters. The highest BCUT2D eigenvalue weighted by atomic mass is 16.5. The van der Waals surface area contributed by atoms with Crippen LogP contribution in [0.2, 0.25) is 0 Å². The van der Waals surface area contributed by atoms with Crippen molar-refractivity contribution in [2.75, 3.05) is 13.2 Å². The van der Waals surface area contributed by atoms with E-state index in [-0.39, 0.29) is 24.2 Å². The number of rotatable bonds is 7. The van der Waals surface area contributed by atoms with E-state index < -0.39 is 5.97 Å². The number of carboxylic acid groups (broad SMARTS) is 1. The summed E-state index contributed by atoms with van der Waals surface area (Å²) in [7, 11) is 0. The minimum Gasteiger partial charge on any atom is -0.476 e. The van der Waals surface area contributed by atoms with Crippen LogP contribution in [0.3, 0.4) is 0 Å². The molecule has 1 fully saturated rings. The highest BCUT2D eigenvalue weighted by Gasteiger charge is 2.30. The summed E-state index contributed by atoms with van der Waals surface area (Å²) in [5.41, 5.74) is 0.244. The molecule has 0 radical (unpaired) electrons. The van der Waals surface area contributed by atoms with Crippen LogP contribution in [0.1, 0.15) is 54.9 Å². The minimum atomic E-state index is -1.15. The van der Waals surface area contributed by atoms with Gasteiger partial charge in [0.05, 0.1) is 0 Å². The number of carboxylic acids is 1. The fourth-order valence-electron chi connectivity index (χ4n) is 2.30. The zero-order valence-electron chi connectivity index (χ0n) is 12.0. The van der Waals surface area contributed by atoms with Crippen molar-refractivity contribution >= 4 is 11.9 Å². The van der Waals surface area contributed by atoms with Gasteiger partial charge in [0.25, 0.3) is 0 Å². The van der Waals surface area contributed by atoms with Gasteiger partial charge in [0.15, 0.2) is 5.69 Å². The monoisotopic (exact) mass is 296 g/mol. The molecular formula is C13H20N4O4. The maximum Gasteiger partial charge on any atom is 0.358 e. The van der Waals surface area contributed by atoms with Crippen molar-refractivity contribution in [1.29, 1.82) is 0 Å². The average Bonchev–Trinajstić information content (AvgIpc) is 3.07. The molecule has 8 nitrogen and oxygen atoms in total. The highest BCUT2D eigenvalue weighted by molar-refractivity contribution is 5.86. The molecule has 2 N–H and O–H groups in total. The van der Waals surface area contributed by atoms with Crippen molar-refractivity contribution in [2.24, 2.45) is 0 Å². The van der Waals surface area contributed by atoms with Crippen LogP contribution in [0.5, 0.6) is 0 Å². The zero-order chi connectivity index (χ0) is 15.2. The maximum absolute atomic E-state index is 11.8. The molecule has 2 rings (SSSR count). The molecule has 0 aromatic carbocycles. The fourth-order valence-corrected chi connectivity index (χ4v) is 2.30. The maximum atomic E-state index is 11.8. The van der Waals surface area contributed by atoms with E-state index in [1.807, 2.05) is 6.92 Å². The first-order valence-corrected chi connectivity index (χ1v) is 7.18. The van der Waals surface area contributed by atoms with E-state index in [1.54, 1.807) is 0 Å². The number of ether oxygens (including phenoxy) is 1. The van der Waals surface area contributed by atoms with E-state index in [1.165, 1.54) is 4.68 Å². The number of unbranched alkanes of at least 4 members (excludes halogenated alkanes) is 1. The Labute approximate surface area is 122 Å². The Bertz CT molecular complexity index is 508. The smallest absolute Gasteiger partial charge is 0.358 e. The van der Waals surface area contributed by atoms with Crippen LogP contribution < -0.4 is 5.32 Å². The van der Waals surface area contributed by atoms with E-state index >= 15 is 0 Å². The fraction of sp³-hybridized carbons (Fsp3) is 0.692. The van der Waals surface area contributed by atoms with E-state index in [2.05, 4.69) is 15.6 Å². The number of nitrogens with zero attached hydrogens (tertiary/aromatic N) is 3. The van der Waals surface area contributed by atoms with Gasteiger partial charge < -0.3 is 15.2 Å². The van der Waals surface area contributed by atoms with Gasteiger partial charge in [-0.3, -0.25) is 4.79 Å². The normalized spacial score (nSPS) is 17.9. The van der Waals surface area contributed by atoms with Gasteiger partial charge in [-0.25, -0.2) is 9.48 Å². The Morgan fingerprint density at radius 2 is 2.33 bits per heavy atom. The molecule has 0 saturated carbocycles. The molecule has 8 heteroatoms. The van der Waals surface area contributed by atoms with Crippen molar-refractivity contribution in [3.05, 3.63) is 11.4 Å². The summed E-state index contributed by atoms with van der Waals surface area (Å²) >= 11 is 0. The predicted octanol–water partition coefficient (Wildman–Crippen LogP) is 0.744. The Hall–Kier alpha value is -1.96. The van der Waals surface area contributed by atoms with Gasteiger partial charge in [-0.15, -0.1) is 5.10 Å². The van der Waals surface area contributed by atoms with Gasteiger partial charge in [0.1, 0.15) is 18.3 Å². The van der Waals surface area contributed by atoms with Crippen LogP contribution >= 0.6 is 0 Å². The number of amides is 1. The van der Waals surface area contributed by atoms with Crippen molar-refractivity contribution in [3.8, 4) is 0 Å². The molecule has 0 aliphatic carbocycles. The molecule has 1 saturated heterocycles. The Morgan fingerprint density at radius 3 is 2.95 bits per heavy atom. The van der Waals surface area contributed by atoms with Crippen molar-refractivity contribution < 1.29 is 19.4 Å². The van der Waals surface area contributed by atoms with Gasteiger partial charge in [-0.1, -0.05) is 18.6 Å². The second-order valence-electron chi connectivity index (χ2n) is 4.99. The molecule has 2 heterocycles. The first kappa shape index (κ1) is 15.4. The number of nitrogens with one attached hydrogen (secondary N) is 1. The quantitative estimate of drug-likeness (QED) is 0.719. The summed E-state index contributed by atoms with van der Waals surface area (Å²) in [5, 5.41) is 19.4. The first-order valence-electron chi connectivity index (χ1n) is 7.18. The Balaban J connectivity index is 2.11. The van der Waals surface area contributed by atoms with Gasteiger partial charge in [-0.05, 0) is 19.3 Å². The van der Waals surface area contributed by atoms with Gasteiger partial charge in [0.2, 0.25) is 5.91 Å². The molecular weight excluding hydrogens is 276 g/mol. The van der Waals surface area contributed by atoms with Crippen LogP contribution in [-0.2, 0) is 16.1 Å². The molecule has 1 aliphatic rings. The molecule has 0 bridgehead atoms. The van der Waals surface area contributed by atoms with Crippen molar-refractivity contribution in [3.63, 3.8) is 0 Å². The lowest BCUT2D eigenvalue weighted by molar-refractivity contribution is -0.121. The molecule has 1 aliphatic heterocycles. The summed E-state index contributed by atoms with van der Waals surface area (Å²) < 4.78 is 6.85. The van der Waals surface area contributed by atoms with Gasteiger partial charge >= 0.3 is 5.97 Å². The summed E-state index contributed by atoms with van der Waals surface area (Å²) in [5.74, 6) is -1.36. The average molecular weight is 296 g/mol. The number of aromatic carboxylic acids is 1. The third kappa shape index (κ3) is 3.78. The molecule has 1 aromatic rings. The summed E-state index contributed by atoms with van der Waals surface area (Å²) in [6, 6.07) is 0. The second-order valence-corrected chi connectivity index (χ2v) is 4.99. The summed E-state index contributed by atoms with van der Waals surface area (Å²) in [6.07, 6.45) is 3.12. The van der Waals surface area contributed by atoms with Crippen LogP contribution in [0.25, 0.3) is 0 Å². The van der Waals surface area contributed by atoms with E-state index in [0.29, 0.717) is 25.3 Å². The number of aromatic nitrogens is 3. The number of carbonyl (C=O) groups excluding carboxylic acids is 1. The number of hydrogen-bond donors (Lipinski definition) is 2. The third-order valence-corrected chi connectivity index (χ3v) is 3.36.